The molecule has 96 heavy (non-hydrogen) atoms. The Bertz CT molecular complexity index is 4470. The van der Waals surface area contributed by atoms with Crippen LogP contribution in [0, 0.1) is 0 Å². The van der Waals surface area contributed by atoms with E-state index in [0.29, 0.717) is 23.0 Å². The second-order valence-electron chi connectivity index (χ2n) is 22.7. The van der Waals surface area contributed by atoms with Gasteiger partial charge in [-0.05, 0) is 146 Å². The first-order chi connectivity index (χ1) is 47.6. The summed E-state index contributed by atoms with van der Waals surface area (Å²) in [6.45, 7) is 0. The van der Waals surface area contributed by atoms with E-state index in [4.69, 9.17) is 29.4 Å². The predicted molar refractivity (Wildman–Crippen MR) is 391 cm³/mol. The molecule has 458 valence electrons. The van der Waals surface area contributed by atoms with Crippen molar-refractivity contribution in [2.75, 3.05) is 19.6 Å². The van der Waals surface area contributed by atoms with Crippen LogP contribution in [0.15, 0.2) is 377 Å². The smallest absolute Gasteiger partial charge is 0.131 e. The summed E-state index contributed by atoms with van der Waals surface area (Å²) in [5, 5.41) is 0. The summed E-state index contributed by atoms with van der Waals surface area (Å²) in [5.41, 5.74) is 18.1. The lowest BCUT2D eigenvalue weighted by Crippen LogP contribution is -2.15. The first kappa shape index (κ1) is 59.1. The largest absolute Gasteiger partial charge is 0.457 e. The number of hydrogen-bond acceptors (Lipinski definition) is 10. The van der Waals surface area contributed by atoms with Crippen molar-refractivity contribution in [3.63, 3.8) is 0 Å². The minimum Gasteiger partial charge on any atom is -0.457 e. The van der Waals surface area contributed by atoms with Crippen LogP contribution in [0.4, 0.5) is 68.2 Å². The van der Waals surface area contributed by atoms with Crippen LogP contribution in [0.1, 0.15) is 0 Å². The second-order valence-corrected chi connectivity index (χ2v) is 22.7. The maximum atomic E-state index is 7.29. The van der Waals surface area contributed by atoms with Crippen LogP contribution in [0.25, 0.3) is 45.0 Å². The molecular weight excluding hydrogens is 1180 g/mol. The van der Waals surface area contributed by atoms with Gasteiger partial charge in [-0.1, -0.05) is 176 Å². The summed E-state index contributed by atoms with van der Waals surface area (Å²) in [5.74, 6) is 2.26. The molecule has 4 aromatic heterocycles. The Labute approximate surface area is 558 Å². The number of hydrogen-bond donors (Lipinski definition) is 0. The van der Waals surface area contributed by atoms with Crippen LogP contribution >= 0.6 is 0 Å². The fourth-order valence-electron chi connectivity index (χ4n) is 12.3. The van der Waals surface area contributed by atoms with Gasteiger partial charge in [-0.2, -0.15) is 0 Å². The van der Waals surface area contributed by atoms with E-state index in [1.807, 2.05) is 122 Å². The third-order valence-corrected chi connectivity index (χ3v) is 16.5. The number of pyridine rings is 4. The highest BCUT2D eigenvalue weighted by atomic mass is 16.5. The minimum absolute atomic E-state index is 0.553. The van der Waals surface area contributed by atoms with Gasteiger partial charge < -0.3 is 29.1 Å². The highest BCUT2D eigenvalue weighted by Crippen LogP contribution is 2.50. The Kier molecular flexibility index (Phi) is 17.1. The van der Waals surface area contributed by atoms with E-state index in [1.165, 1.54) is 0 Å². The number of aromatic nitrogens is 4. The number of nitrogens with zero attached hydrogens (tertiary/aromatic N) is 8. The maximum absolute atomic E-state index is 7.29. The minimum atomic E-state index is 0.553. The molecule has 10 heteroatoms. The first-order valence-electron chi connectivity index (χ1n) is 31.8. The zero-order valence-electron chi connectivity index (χ0n) is 52.2. The monoisotopic (exact) mass is 1240 g/mol. The van der Waals surface area contributed by atoms with Crippen molar-refractivity contribution in [1.29, 1.82) is 0 Å². The fraction of sp³-hybridized carbons (Fsp3) is 0. The van der Waals surface area contributed by atoms with Crippen molar-refractivity contribution in [2.45, 2.75) is 0 Å². The fourth-order valence-corrected chi connectivity index (χ4v) is 12.3. The Morgan fingerprint density at radius 1 is 0.177 bits per heavy atom. The Morgan fingerprint density at radius 3 is 0.667 bits per heavy atom. The molecule has 0 amide bonds. The Morgan fingerprint density at radius 2 is 0.417 bits per heavy atom. The van der Waals surface area contributed by atoms with E-state index in [0.717, 1.165) is 113 Å². The molecule has 0 unspecified atom stereocenters. The quantitative estimate of drug-likeness (QED) is 0.0736. The molecule has 0 atom stereocenters. The summed E-state index contributed by atoms with van der Waals surface area (Å²) in [4.78, 5) is 28.6. The molecule has 0 saturated heterocycles. The summed E-state index contributed by atoms with van der Waals surface area (Å²) in [7, 11) is 0. The summed E-state index contributed by atoms with van der Waals surface area (Å²) in [6, 6.07) is 120. The molecule has 0 aliphatic carbocycles. The lowest BCUT2D eigenvalue weighted by atomic mass is 10.0. The Hall–Kier alpha value is -13.2. The van der Waals surface area contributed by atoms with Gasteiger partial charge in [-0.15, -0.1) is 0 Å². The van der Waals surface area contributed by atoms with Crippen molar-refractivity contribution in [2.24, 2.45) is 0 Å². The van der Waals surface area contributed by atoms with Crippen LogP contribution in [0.3, 0.4) is 0 Å². The molecule has 10 nitrogen and oxygen atoms in total. The van der Waals surface area contributed by atoms with Crippen molar-refractivity contribution in [3.05, 3.63) is 377 Å². The molecule has 0 spiro atoms. The van der Waals surface area contributed by atoms with Crippen molar-refractivity contribution in [3.8, 4) is 68.0 Å². The van der Waals surface area contributed by atoms with Crippen molar-refractivity contribution < 1.29 is 9.47 Å². The molecule has 0 radical (unpaired) electrons. The Balaban J connectivity index is 0.901. The average molecular weight is 1240 g/mol. The average Bonchev–Trinajstić information content (AvgIpc) is 0.783. The van der Waals surface area contributed by atoms with E-state index >= 15 is 0 Å². The number of benzene rings is 11. The van der Waals surface area contributed by atoms with Gasteiger partial charge in [0.25, 0.3) is 0 Å². The van der Waals surface area contributed by atoms with Gasteiger partial charge >= 0.3 is 0 Å². The number of para-hydroxylation sites is 8. The SMILES string of the molecule is c1ccc(N(c2cc(Oc3cccc(Oc4cc(N(c5ccccc5)c5ccccc5-c5ccccn5)cc(N(c5ccccc5)c5ccccc5-c5ccccn5)c4)c3)cc(N(c3ccccc3)c3ccccc3-c3ccccn3)c2)c2ccccc2-c2ccccn2)cc1. The third-order valence-electron chi connectivity index (χ3n) is 16.5. The topological polar surface area (TPSA) is 83.0 Å². The van der Waals surface area contributed by atoms with Crippen LogP contribution in [0.5, 0.6) is 23.0 Å². The van der Waals surface area contributed by atoms with Gasteiger partial charge in [-0.25, -0.2) is 0 Å². The molecule has 4 heterocycles. The number of rotatable bonds is 20. The highest BCUT2D eigenvalue weighted by molar-refractivity contribution is 5.94. The zero-order chi connectivity index (χ0) is 64.2. The predicted octanol–water partition coefficient (Wildman–Crippen LogP) is 23.4. The number of ether oxygens (including phenoxy) is 2. The highest BCUT2D eigenvalue weighted by Gasteiger charge is 2.26. The van der Waals surface area contributed by atoms with E-state index in [1.54, 1.807) is 0 Å². The van der Waals surface area contributed by atoms with E-state index < -0.39 is 0 Å². The molecule has 0 saturated carbocycles. The van der Waals surface area contributed by atoms with Crippen molar-refractivity contribution >= 4 is 68.2 Å². The van der Waals surface area contributed by atoms with E-state index in [9.17, 15) is 0 Å². The van der Waals surface area contributed by atoms with Gasteiger partial charge in [0.2, 0.25) is 0 Å². The van der Waals surface area contributed by atoms with Gasteiger partial charge in [-0.3, -0.25) is 19.9 Å². The van der Waals surface area contributed by atoms with Crippen LogP contribution in [0.2, 0.25) is 0 Å². The molecule has 15 aromatic rings. The molecule has 11 aromatic carbocycles. The molecule has 0 fully saturated rings. The zero-order valence-corrected chi connectivity index (χ0v) is 52.2. The standard InChI is InChI=1S/C86H62N8O2/c1-5-30-63(31-6-1)91(83-48-17-13-40-75(83)79-44-21-25-52-87-79)67-56-68(92(64-32-7-2-8-33-64)84-49-18-14-41-76(84)80-45-22-26-53-88-80)59-73(58-67)95-71-38-29-39-72(62-71)96-74-60-69(93(65-34-9-3-10-35-65)85-50-19-15-42-77(85)81-46-23-27-54-89-81)57-70(61-74)94(66-36-11-4-12-37-66)86-51-20-16-43-78(86)82-47-24-28-55-90-82/h1-62H. The van der Waals surface area contributed by atoms with Crippen molar-refractivity contribution in [1.82, 2.24) is 19.9 Å². The van der Waals surface area contributed by atoms with Gasteiger partial charge in [0, 0.05) is 100 Å². The van der Waals surface area contributed by atoms with Crippen LogP contribution in [-0.4, -0.2) is 19.9 Å². The van der Waals surface area contributed by atoms with Crippen LogP contribution in [-0.2, 0) is 0 Å². The van der Waals surface area contributed by atoms with E-state index in [2.05, 4.69) is 274 Å². The lowest BCUT2D eigenvalue weighted by Gasteiger charge is -2.32. The summed E-state index contributed by atoms with van der Waals surface area (Å²) < 4.78 is 14.6. The van der Waals surface area contributed by atoms with Crippen LogP contribution < -0.4 is 29.1 Å². The molecule has 0 aliphatic rings. The molecular formula is C86H62N8O2. The first-order valence-corrected chi connectivity index (χ1v) is 31.8. The normalized spacial score (nSPS) is 10.9. The summed E-state index contributed by atoms with van der Waals surface area (Å²) in [6.07, 6.45) is 7.35. The van der Waals surface area contributed by atoms with Gasteiger partial charge in [0.05, 0.1) is 68.3 Å². The van der Waals surface area contributed by atoms with Gasteiger partial charge in [0.1, 0.15) is 23.0 Å². The molecule has 15 rings (SSSR count). The molecule has 0 aliphatic heterocycles. The maximum Gasteiger partial charge on any atom is 0.131 e. The lowest BCUT2D eigenvalue weighted by molar-refractivity contribution is 0.460. The third kappa shape index (κ3) is 12.8. The second kappa shape index (κ2) is 27.7. The number of anilines is 12. The molecule has 0 bridgehead atoms. The molecule has 0 N–H and O–H groups in total. The van der Waals surface area contributed by atoms with E-state index in [-0.39, 0.29) is 0 Å². The summed E-state index contributed by atoms with van der Waals surface area (Å²) >= 11 is 0. The van der Waals surface area contributed by atoms with Gasteiger partial charge in [0.15, 0.2) is 0 Å².